The van der Waals surface area contributed by atoms with Crippen LogP contribution in [0, 0.1) is 0 Å². The van der Waals surface area contributed by atoms with Crippen molar-refractivity contribution in [3.63, 3.8) is 0 Å². The van der Waals surface area contributed by atoms with Crippen molar-refractivity contribution in [3.05, 3.63) is 60.7 Å². The van der Waals surface area contributed by atoms with Crippen molar-refractivity contribution in [1.82, 2.24) is 14.8 Å². The van der Waals surface area contributed by atoms with E-state index in [1.54, 1.807) is 6.92 Å². The van der Waals surface area contributed by atoms with Gasteiger partial charge in [0.15, 0.2) is 0 Å². The Morgan fingerprint density at radius 2 is 1.81 bits per heavy atom. The van der Waals surface area contributed by atoms with Crippen LogP contribution in [0.1, 0.15) is 35.3 Å². The lowest BCUT2D eigenvalue weighted by Gasteiger charge is -2.39. The average Bonchev–Trinajstić information content (AvgIpc) is 2.78. The topological polar surface area (TPSA) is 36.4 Å². The number of amides is 1. The van der Waals surface area contributed by atoms with E-state index in [2.05, 4.69) is 48.9 Å². The third-order valence-electron chi connectivity index (χ3n) is 5.47. The molecule has 1 aromatic carbocycles. The second-order valence-electron chi connectivity index (χ2n) is 7.10. The Labute approximate surface area is 181 Å². The molecule has 2 heterocycles. The van der Waals surface area contributed by atoms with E-state index in [1.165, 1.54) is 16.7 Å². The van der Waals surface area contributed by atoms with Gasteiger partial charge in [-0.15, -0.1) is 0 Å². The summed E-state index contributed by atoms with van der Waals surface area (Å²) in [7, 11) is 0. The van der Waals surface area contributed by atoms with E-state index in [4.69, 9.17) is 16.6 Å². The summed E-state index contributed by atoms with van der Waals surface area (Å²) in [6.07, 6.45) is 3.75. The van der Waals surface area contributed by atoms with Gasteiger partial charge in [-0.25, -0.2) is 0 Å². The largest absolute Gasteiger partial charge is 0.340 e. The summed E-state index contributed by atoms with van der Waals surface area (Å²) in [5.74, 6) is 0.145. The number of benzene rings is 1. The second kappa shape index (κ2) is 7.82. The molecule has 0 unspecified atom stereocenters. The van der Waals surface area contributed by atoms with Crippen LogP contribution in [0.2, 0.25) is 5.02 Å². The van der Waals surface area contributed by atoms with Crippen molar-refractivity contribution in [1.29, 1.82) is 0 Å². The van der Waals surface area contributed by atoms with Crippen LogP contribution in [0.5, 0.6) is 0 Å². The lowest BCUT2D eigenvalue weighted by molar-refractivity contribution is -0.130. The van der Waals surface area contributed by atoms with E-state index < -0.39 is 0 Å². The molecule has 1 aliphatic heterocycles. The molecule has 7 heteroatoms. The van der Waals surface area contributed by atoms with Gasteiger partial charge in [-0.1, -0.05) is 27.5 Å². The Balaban J connectivity index is 1.80. The first kappa shape index (κ1) is 19.4. The molecule has 2 aromatic rings. The molecule has 2 aliphatic rings. The van der Waals surface area contributed by atoms with Gasteiger partial charge in [-0.3, -0.25) is 14.7 Å². The van der Waals surface area contributed by atoms with Crippen LogP contribution in [0.4, 0.5) is 0 Å². The number of pyridine rings is 1. The predicted molar refractivity (Wildman–Crippen MR) is 114 cm³/mol. The molecule has 0 spiro atoms. The highest BCUT2D eigenvalue weighted by Crippen LogP contribution is 2.41. The van der Waals surface area contributed by atoms with E-state index in [1.807, 2.05) is 17.2 Å². The fourth-order valence-electron chi connectivity index (χ4n) is 4.15. The highest BCUT2D eigenvalue weighted by atomic mass is 79.9. The molecule has 1 aliphatic carbocycles. The molecule has 1 aromatic heterocycles. The predicted octanol–water partition coefficient (Wildman–Crippen LogP) is 4.61. The number of carbonyl (C=O) groups excluding carboxylic acids is 1. The molecule has 1 amide bonds. The molecular weight excluding hydrogens is 494 g/mol. The first-order valence-electron chi connectivity index (χ1n) is 9.05. The number of aromatic nitrogens is 1. The summed E-state index contributed by atoms with van der Waals surface area (Å²) >= 11 is 13.7. The monoisotopic (exact) mass is 511 g/mol. The normalized spacial score (nSPS) is 20.0. The lowest BCUT2D eigenvalue weighted by Crippen LogP contribution is -2.49. The maximum Gasteiger partial charge on any atom is 0.219 e. The van der Waals surface area contributed by atoms with Gasteiger partial charge < -0.3 is 4.90 Å². The molecule has 1 saturated heterocycles. The van der Waals surface area contributed by atoms with Crippen LogP contribution in [0.3, 0.4) is 0 Å². The second-order valence-corrected chi connectivity index (χ2v) is 9.31. The number of halogens is 3. The molecule has 0 radical (unpaired) electrons. The van der Waals surface area contributed by atoms with E-state index >= 15 is 0 Å². The Kier molecular flexibility index (Phi) is 5.61. The molecule has 27 heavy (non-hydrogen) atoms. The van der Waals surface area contributed by atoms with Crippen LogP contribution in [-0.2, 0) is 17.6 Å². The number of fused-ring (bicyclic) bond motifs is 2. The number of carbonyl (C=O) groups is 1. The molecule has 4 rings (SSSR count). The molecular formula is C20H20Br2ClN3O. The van der Waals surface area contributed by atoms with Gasteiger partial charge >= 0.3 is 0 Å². The summed E-state index contributed by atoms with van der Waals surface area (Å²) in [5.41, 5.74) is 4.89. The third-order valence-corrected chi connectivity index (χ3v) is 6.78. The van der Waals surface area contributed by atoms with Gasteiger partial charge in [-0.05, 0) is 63.7 Å². The zero-order valence-corrected chi connectivity index (χ0v) is 18.9. The zero-order valence-electron chi connectivity index (χ0n) is 15.0. The van der Waals surface area contributed by atoms with Gasteiger partial charge in [0.25, 0.3) is 0 Å². The maximum absolute atomic E-state index is 11.7. The van der Waals surface area contributed by atoms with Gasteiger partial charge in [0, 0.05) is 53.3 Å². The molecule has 0 saturated carbocycles. The van der Waals surface area contributed by atoms with E-state index in [0.29, 0.717) is 0 Å². The zero-order chi connectivity index (χ0) is 19.1. The van der Waals surface area contributed by atoms with Gasteiger partial charge in [-0.2, -0.15) is 0 Å². The minimum absolute atomic E-state index is 0.0614. The lowest BCUT2D eigenvalue weighted by atomic mass is 9.96. The van der Waals surface area contributed by atoms with Crippen molar-refractivity contribution < 1.29 is 4.79 Å². The molecule has 0 bridgehead atoms. The van der Waals surface area contributed by atoms with E-state index in [9.17, 15) is 4.79 Å². The van der Waals surface area contributed by atoms with Gasteiger partial charge in [0.2, 0.25) is 5.91 Å². The van der Waals surface area contributed by atoms with Crippen LogP contribution >= 0.6 is 43.5 Å². The molecule has 1 fully saturated rings. The smallest absolute Gasteiger partial charge is 0.219 e. The fourth-order valence-corrected chi connectivity index (χ4v) is 5.62. The van der Waals surface area contributed by atoms with Crippen molar-refractivity contribution in [2.75, 3.05) is 26.2 Å². The Hall–Kier alpha value is -0.950. The number of piperazine rings is 1. The quantitative estimate of drug-likeness (QED) is 0.559. The SMILES string of the molecule is CC(=O)N1CCN([C@@H]2c3ncc(Br)cc3CCc3cc(Cl)cc(Br)c32)CC1. The summed E-state index contributed by atoms with van der Waals surface area (Å²) in [5, 5.41) is 0.751. The number of aryl methyl sites for hydroxylation is 2. The number of hydrogen-bond donors (Lipinski definition) is 0. The number of hydrogen-bond acceptors (Lipinski definition) is 3. The Morgan fingerprint density at radius 3 is 2.52 bits per heavy atom. The standard InChI is InChI=1S/C20H20Br2ClN3O/c1-12(27)25-4-6-26(7-5-25)20-18-13(9-16(23)10-17(18)22)2-3-14-8-15(21)11-24-19(14)20/h8-11,20H,2-7H2,1H3/t20-/m0/s1. The van der Waals surface area contributed by atoms with Crippen molar-refractivity contribution in [2.24, 2.45) is 0 Å². The highest BCUT2D eigenvalue weighted by molar-refractivity contribution is 9.10. The number of nitrogens with zero attached hydrogens (tertiary/aromatic N) is 3. The summed E-state index contributed by atoms with van der Waals surface area (Å²) in [6.45, 7) is 4.80. The minimum Gasteiger partial charge on any atom is -0.340 e. The first-order chi connectivity index (χ1) is 12.9. The summed E-state index contributed by atoms with van der Waals surface area (Å²) < 4.78 is 2.03. The van der Waals surface area contributed by atoms with E-state index in [-0.39, 0.29) is 11.9 Å². The maximum atomic E-state index is 11.7. The highest BCUT2D eigenvalue weighted by Gasteiger charge is 2.34. The van der Waals surface area contributed by atoms with Crippen molar-refractivity contribution in [3.8, 4) is 0 Å². The summed E-state index contributed by atoms with van der Waals surface area (Å²) in [4.78, 5) is 20.9. The third kappa shape index (κ3) is 3.82. The van der Waals surface area contributed by atoms with Gasteiger partial charge in [0.05, 0.1) is 11.7 Å². The van der Waals surface area contributed by atoms with Crippen molar-refractivity contribution in [2.45, 2.75) is 25.8 Å². The molecule has 4 nitrogen and oxygen atoms in total. The first-order valence-corrected chi connectivity index (χ1v) is 11.0. The summed E-state index contributed by atoms with van der Waals surface area (Å²) in [6, 6.07) is 6.30. The van der Waals surface area contributed by atoms with Crippen LogP contribution in [-0.4, -0.2) is 46.9 Å². The van der Waals surface area contributed by atoms with Crippen LogP contribution in [0.15, 0.2) is 33.3 Å². The molecule has 142 valence electrons. The Morgan fingerprint density at radius 1 is 1.11 bits per heavy atom. The fraction of sp³-hybridized carbons (Fsp3) is 0.400. The number of rotatable bonds is 1. The van der Waals surface area contributed by atoms with E-state index in [0.717, 1.165) is 58.7 Å². The van der Waals surface area contributed by atoms with Crippen LogP contribution < -0.4 is 0 Å². The van der Waals surface area contributed by atoms with Crippen molar-refractivity contribution >= 4 is 49.4 Å². The average molecular weight is 514 g/mol. The Bertz CT molecular complexity index is 897. The van der Waals surface area contributed by atoms with Crippen LogP contribution in [0.25, 0.3) is 0 Å². The van der Waals surface area contributed by atoms with Gasteiger partial charge in [0.1, 0.15) is 0 Å². The molecule has 1 atom stereocenters. The minimum atomic E-state index is 0.0614. The molecule has 0 N–H and O–H groups in total.